The van der Waals surface area contributed by atoms with Gasteiger partial charge < -0.3 is 10.2 Å². The summed E-state index contributed by atoms with van der Waals surface area (Å²) < 4.78 is 0. The number of alkyl halides is 3. The van der Waals surface area contributed by atoms with Crippen molar-refractivity contribution in [2.24, 2.45) is 17.8 Å². The number of hydrogen-bond acceptors (Lipinski definition) is 6. The minimum Gasteiger partial charge on any atom is -0.507 e. The van der Waals surface area contributed by atoms with Crippen LogP contribution in [-0.4, -0.2) is 71.4 Å². The van der Waals surface area contributed by atoms with E-state index in [0.29, 0.717) is 35.8 Å². The Bertz CT molecular complexity index is 1610. The number of carbonyl (C=O) groups is 5. The van der Waals surface area contributed by atoms with Crippen LogP contribution in [-0.2, 0) is 24.0 Å². The quantitative estimate of drug-likeness (QED) is 0.132. The Morgan fingerprint density at radius 3 is 2.42 bits per heavy atom. The maximum Gasteiger partial charge on any atom is 0.303 e. The summed E-state index contributed by atoms with van der Waals surface area (Å²) >= 11 is 17.7. The van der Waals surface area contributed by atoms with Gasteiger partial charge in [0.2, 0.25) is 11.8 Å². The number of phenols is 1. The maximum absolute atomic E-state index is 13.9. The highest BCUT2D eigenvalue weighted by molar-refractivity contribution is 9.09. The van der Waals surface area contributed by atoms with Crippen molar-refractivity contribution in [2.75, 3.05) is 12.0 Å². The summed E-state index contributed by atoms with van der Waals surface area (Å²) in [4.78, 5) is 64.2. The van der Waals surface area contributed by atoms with E-state index in [-0.39, 0.29) is 48.8 Å². The van der Waals surface area contributed by atoms with Gasteiger partial charge in [-0.25, -0.2) is 0 Å². The number of fused-ring (bicyclic) bond motifs is 5. The number of halogens is 3. The third-order valence-electron chi connectivity index (χ3n) is 9.62. The molecule has 4 aliphatic rings. The minimum absolute atomic E-state index is 0.0155. The Morgan fingerprint density at radius 2 is 1.70 bits per heavy atom. The molecule has 4 amide bonds. The largest absolute Gasteiger partial charge is 0.507 e. The molecule has 43 heavy (non-hydrogen) atoms. The topological polar surface area (TPSA) is 132 Å². The number of carbonyl (C=O) groups excluding carboxylic acids is 4. The molecule has 0 radical (unpaired) electrons. The normalized spacial score (nSPS) is 31.7. The third kappa shape index (κ3) is 4.27. The number of unbranched alkanes of at least 4 members (excludes halogenated alkanes) is 2. The molecular weight excluding hydrogens is 663 g/mol. The van der Waals surface area contributed by atoms with E-state index in [1.54, 1.807) is 24.3 Å². The van der Waals surface area contributed by atoms with Crippen LogP contribution in [0.4, 0.5) is 0 Å². The van der Waals surface area contributed by atoms with Crippen molar-refractivity contribution in [3.63, 3.8) is 0 Å². The van der Waals surface area contributed by atoms with Crippen molar-refractivity contribution in [1.82, 2.24) is 9.80 Å². The number of aromatic hydroxyl groups is 1. The van der Waals surface area contributed by atoms with Gasteiger partial charge in [-0.05, 0) is 37.0 Å². The van der Waals surface area contributed by atoms with Crippen molar-refractivity contribution in [3.05, 3.63) is 53.6 Å². The number of likely N-dealkylation sites (tertiary alicyclic amines) is 2. The standard InChI is InChI=1S/C31H29BrCl2N2O7/c32-15-36-28(42)30(33)14-21-18(11-12-19-23(21)27(41)35(26(19)40)13-5-1-2-8-22(37)38)24(31(30,34)29(36)43)20-10-9-16-6-3-4-7-17(16)25(20)39/h3-4,6-7,9-11,19,21,23-24,39H,1-2,5,8,12-15H2,(H,37,38). The van der Waals surface area contributed by atoms with Gasteiger partial charge in [0.1, 0.15) is 5.75 Å². The maximum atomic E-state index is 13.9. The second kappa shape index (κ2) is 10.9. The number of allylic oxidation sites excluding steroid dienone is 2. The van der Waals surface area contributed by atoms with Gasteiger partial charge >= 0.3 is 5.97 Å². The van der Waals surface area contributed by atoms with Crippen LogP contribution in [0.1, 0.15) is 50.0 Å². The summed E-state index contributed by atoms with van der Waals surface area (Å²) in [6.45, 7) is 0.168. The fourth-order valence-corrected chi connectivity index (χ4v) is 9.03. The summed E-state index contributed by atoms with van der Waals surface area (Å²) in [6.07, 6.45) is 3.41. The van der Waals surface area contributed by atoms with Crippen molar-refractivity contribution in [2.45, 2.75) is 54.2 Å². The molecule has 2 aromatic carbocycles. The molecule has 0 spiro atoms. The van der Waals surface area contributed by atoms with Crippen LogP contribution < -0.4 is 0 Å². The van der Waals surface area contributed by atoms with Crippen LogP contribution in [0.5, 0.6) is 5.75 Å². The first-order valence-electron chi connectivity index (χ1n) is 14.2. The molecule has 0 bridgehead atoms. The Balaban J connectivity index is 1.43. The van der Waals surface area contributed by atoms with E-state index in [9.17, 15) is 29.1 Å². The summed E-state index contributed by atoms with van der Waals surface area (Å²) in [5.74, 6) is -6.26. The van der Waals surface area contributed by atoms with Gasteiger partial charge in [-0.3, -0.25) is 33.8 Å². The lowest BCUT2D eigenvalue weighted by Crippen LogP contribution is -2.60. The Labute approximate surface area is 265 Å². The SMILES string of the molecule is O=C(O)CCCCCN1C(=O)C2CC=C3C(CC4(Cl)C(=O)N(CBr)C(=O)C4(Cl)C3c3ccc4ccccc4c3O)C2C1=O. The van der Waals surface area contributed by atoms with E-state index in [1.807, 2.05) is 18.2 Å². The number of carboxylic acid groups (broad SMARTS) is 1. The van der Waals surface area contributed by atoms with Crippen LogP contribution in [0.25, 0.3) is 10.8 Å². The monoisotopic (exact) mass is 690 g/mol. The minimum atomic E-state index is -2.00. The lowest BCUT2D eigenvalue weighted by molar-refractivity contribution is -0.141. The number of aliphatic carboxylic acids is 1. The van der Waals surface area contributed by atoms with Gasteiger partial charge in [-0.1, -0.05) is 70.4 Å². The van der Waals surface area contributed by atoms with Crippen LogP contribution in [0.3, 0.4) is 0 Å². The first-order chi connectivity index (χ1) is 20.5. The molecule has 12 heteroatoms. The zero-order valence-electron chi connectivity index (χ0n) is 23.0. The molecule has 2 N–H and O–H groups in total. The Hall–Kier alpha value is -2.95. The van der Waals surface area contributed by atoms with Crippen LogP contribution >= 0.6 is 39.1 Å². The molecule has 2 aliphatic heterocycles. The highest BCUT2D eigenvalue weighted by atomic mass is 79.9. The van der Waals surface area contributed by atoms with E-state index in [2.05, 4.69) is 15.9 Å². The molecule has 2 aliphatic carbocycles. The van der Waals surface area contributed by atoms with Crippen molar-refractivity contribution < 1.29 is 34.2 Å². The van der Waals surface area contributed by atoms with E-state index in [1.165, 1.54) is 4.90 Å². The van der Waals surface area contributed by atoms with Gasteiger partial charge in [0, 0.05) is 29.8 Å². The first-order valence-corrected chi connectivity index (χ1v) is 16.1. The molecule has 2 aromatic rings. The lowest BCUT2D eigenvalue weighted by Gasteiger charge is -2.50. The summed E-state index contributed by atoms with van der Waals surface area (Å²) in [5.41, 5.74) is 0.797. The zero-order chi connectivity index (χ0) is 30.8. The fourth-order valence-electron chi connectivity index (χ4n) is 7.61. The second-order valence-corrected chi connectivity index (χ2v) is 13.5. The van der Waals surface area contributed by atoms with Gasteiger partial charge in [-0.2, -0.15) is 0 Å². The molecule has 9 nitrogen and oxygen atoms in total. The van der Waals surface area contributed by atoms with Crippen molar-refractivity contribution in [3.8, 4) is 5.75 Å². The average molecular weight is 692 g/mol. The number of benzene rings is 2. The predicted octanol–water partition coefficient (Wildman–Crippen LogP) is 4.90. The summed E-state index contributed by atoms with van der Waals surface area (Å²) in [6, 6.07) is 10.7. The number of hydrogen-bond donors (Lipinski definition) is 2. The summed E-state index contributed by atoms with van der Waals surface area (Å²) in [7, 11) is 0. The Kier molecular flexibility index (Phi) is 7.62. The van der Waals surface area contributed by atoms with E-state index in [0.717, 1.165) is 10.3 Å². The van der Waals surface area contributed by atoms with Crippen molar-refractivity contribution >= 4 is 79.5 Å². The zero-order valence-corrected chi connectivity index (χ0v) is 26.1. The highest BCUT2D eigenvalue weighted by Crippen LogP contribution is 2.66. The highest BCUT2D eigenvalue weighted by Gasteiger charge is 2.76. The van der Waals surface area contributed by atoms with E-state index < -0.39 is 51.2 Å². The number of imide groups is 2. The Morgan fingerprint density at radius 1 is 0.953 bits per heavy atom. The molecule has 226 valence electrons. The molecule has 6 unspecified atom stereocenters. The molecular formula is C31H29BrCl2N2O7. The predicted molar refractivity (Wildman–Crippen MR) is 162 cm³/mol. The van der Waals surface area contributed by atoms with E-state index >= 15 is 0 Å². The number of nitrogens with zero attached hydrogens (tertiary/aromatic N) is 2. The van der Waals surface area contributed by atoms with E-state index in [4.69, 9.17) is 28.3 Å². The number of rotatable bonds is 8. The first kappa shape index (κ1) is 30.1. The molecule has 6 atom stereocenters. The third-order valence-corrected chi connectivity index (χ3v) is 11.5. The smallest absolute Gasteiger partial charge is 0.303 e. The van der Waals surface area contributed by atoms with Gasteiger partial charge in [-0.15, -0.1) is 23.2 Å². The molecule has 1 saturated carbocycles. The van der Waals surface area contributed by atoms with Gasteiger partial charge in [0.15, 0.2) is 9.75 Å². The number of carboxylic acids is 1. The molecule has 3 fully saturated rings. The molecule has 0 aromatic heterocycles. The van der Waals surface area contributed by atoms with Crippen LogP contribution in [0, 0.1) is 17.8 Å². The number of amides is 4. The molecule has 2 saturated heterocycles. The lowest BCUT2D eigenvalue weighted by atomic mass is 9.56. The average Bonchev–Trinajstić information content (AvgIpc) is 3.31. The van der Waals surface area contributed by atoms with Crippen molar-refractivity contribution in [1.29, 1.82) is 0 Å². The fraction of sp³-hybridized carbons (Fsp3) is 0.452. The van der Waals surface area contributed by atoms with Gasteiger partial charge in [0.25, 0.3) is 11.8 Å². The molecule has 2 heterocycles. The van der Waals surface area contributed by atoms with Gasteiger partial charge in [0.05, 0.1) is 17.3 Å². The van der Waals surface area contributed by atoms with Crippen LogP contribution in [0.2, 0.25) is 0 Å². The summed E-state index contributed by atoms with van der Waals surface area (Å²) in [5, 5.41) is 21.8. The second-order valence-electron chi connectivity index (χ2n) is 11.7. The molecule has 6 rings (SSSR count). The van der Waals surface area contributed by atoms with Crippen LogP contribution in [0.15, 0.2) is 48.0 Å². The number of phenolic OH excluding ortho intramolecular Hbond substituents is 1.